The van der Waals surface area contributed by atoms with Gasteiger partial charge in [0.05, 0.1) is 5.75 Å². The van der Waals surface area contributed by atoms with Crippen LogP contribution in [0.2, 0.25) is 0 Å². The molecule has 0 aliphatic heterocycles. The molecule has 1 rings (SSSR count). The molecule has 22 heavy (non-hydrogen) atoms. The number of rotatable bonds is 6. The third-order valence-electron chi connectivity index (χ3n) is 3.86. The number of hydrogen-bond donors (Lipinski definition) is 0. The first kappa shape index (κ1) is 19.8. The van der Waals surface area contributed by atoms with Crippen LogP contribution in [0, 0.1) is 5.92 Å². The van der Waals surface area contributed by atoms with E-state index in [-0.39, 0.29) is 22.7 Å². The molecule has 0 aromatic carbocycles. The van der Waals surface area contributed by atoms with E-state index >= 15 is 0 Å². The van der Waals surface area contributed by atoms with E-state index in [0.717, 1.165) is 19.3 Å². The Bertz CT molecular complexity index is 496. The topological polar surface area (TPSA) is 60.4 Å². The lowest BCUT2D eigenvalue weighted by Gasteiger charge is -2.43. The Balaban J connectivity index is 3.07. The summed E-state index contributed by atoms with van der Waals surface area (Å²) in [6.07, 6.45) is 5.20. The fourth-order valence-electron chi connectivity index (χ4n) is 2.45. The molecule has 0 saturated heterocycles. The number of Topliss-reactive ketones (excluding diaryl/α,β-unsaturated/α-hetero) is 1. The Hall–Kier alpha value is -0.280. The minimum Gasteiger partial charge on any atom is -0.298 e. The van der Waals surface area contributed by atoms with E-state index in [1.165, 1.54) is 6.26 Å². The fraction of sp³-hybridized carbons (Fsp3) is 0.923. The zero-order valence-corrected chi connectivity index (χ0v) is 14.6. The average Bonchev–Trinajstić information content (AvgIpc) is 2.37. The predicted molar refractivity (Wildman–Crippen MR) is 81.2 cm³/mol. The fourth-order valence-corrected chi connectivity index (χ4v) is 7.50. The van der Waals surface area contributed by atoms with Crippen LogP contribution < -0.4 is 0 Å². The van der Waals surface area contributed by atoms with Crippen LogP contribution in [-0.2, 0) is 18.5 Å². The summed E-state index contributed by atoms with van der Waals surface area (Å²) in [5.41, 5.74) is -5.46. The Morgan fingerprint density at radius 1 is 1.18 bits per heavy atom. The lowest BCUT2D eigenvalue weighted by atomic mass is 10.0. The van der Waals surface area contributed by atoms with Crippen molar-refractivity contribution in [1.82, 2.24) is 0 Å². The van der Waals surface area contributed by atoms with Crippen LogP contribution in [0.4, 0.5) is 13.2 Å². The first-order valence-corrected chi connectivity index (χ1v) is 10.8. The zero-order valence-electron chi connectivity index (χ0n) is 13.0. The zero-order chi connectivity index (χ0) is 17.2. The van der Waals surface area contributed by atoms with E-state index in [0.29, 0.717) is 12.8 Å². The largest absolute Gasteiger partial charge is 0.523 e. The summed E-state index contributed by atoms with van der Waals surface area (Å²) in [7, 11) is -8.37. The number of alkyl halides is 3. The molecule has 0 amide bonds. The van der Waals surface area contributed by atoms with Crippen molar-refractivity contribution >= 4 is 26.2 Å². The van der Waals surface area contributed by atoms with Crippen LogP contribution in [0.15, 0.2) is 0 Å². The molecule has 1 atom stereocenters. The van der Waals surface area contributed by atoms with Crippen LogP contribution in [-0.4, -0.2) is 37.0 Å². The molecule has 1 fully saturated rings. The molecule has 132 valence electrons. The minimum absolute atomic E-state index is 0.245. The number of ketones is 1. The second kappa shape index (κ2) is 7.09. The SMILES string of the molecule is CC(C)C(=O)CS(C)(OS(=O)(=O)C(F)(F)F)C1CCCCC1. The minimum atomic E-state index is -5.69. The highest BCUT2D eigenvalue weighted by atomic mass is 32.3. The van der Waals surface area contributed by atoms with Gasteiger partial charge in [-0.25, -0.2) is 3.63 Å². The molecular weight excluding hydrogens is 341 g/mol. The third-order valence-corrected chi connectivity index (χ3v) is 9.13. The van der Waals surface area contributed by atoms with Gasteiger partial charge in [0.2, 0.25) is 0 Å². The highest BCUT2D eigenvalue weighted by Crippen LogP contribution is 2.57. The van der Waals surface area contributed by atoms with Gasteiger partial charge in [-0.15, -0.1) is 10.3 Å². The summed E-state index contributed by atoms with van der Waals surface area (Å²) in [6.45, 7) is 3.28. The lowest BCUT2D eigenvalue weighted by molar-refractivity contribution is -0.119. The quantitative estimate of drug-likeness (QED) is 0.673. The highest BCUT2D eigenvalue weighted by molar-refractivity contribution is 8.33. The van der Waals surface area contributed by atoms with Gasteiger partial charge in [-0.1, -0.05) is 33.1 Å². The maximum atomic E-state index is 12.6. The standard InChI is InChI=1S/C13H23F3O4S2/c1-10(2)12(17)9-21(3,11-7-5-4-6-8-11)20-22(18,19)13(14,15)16/h10-11H,4-9H2,1-3H3. The maximum absolute atomic E-state index is 12.6. The third kappa shape index (κ3) is 4.86. The molecule has 9 heteroatoms. The summed E-state index contributed by atoms with van der Waals surface area (Å²) in [5.74, 6) is -0.877. The average molecular weight is 364 g/mol. The van der Waals surface area contributed by atoms with E-state index in [9.17, 15) is 26.4 Å². The van der Waals surface area contributed by atoms with Crippen molar-refractivity contribution in [2.45, 2.75) is 56.7 Å². The highest BCUT2D eigenvalue weighted by Gasteiger charge is 2.51. The summed E-state index contributed by atoms with van der Waals surface area (Å²) >= 11 is 0. The molecule has 1 aliphatic rings. The molecule has 0 heterocycles. The van der Waals surface area contributed by atoms with Crippen molar-refractivity contribution < 1.29 is 30.0 Å². The van der Waals surface area contributed by atoms with E-state index < -0.39 is 25.9 Å². The Morgan fingerprint density at radius 2 is 1.68 bits per heavy atom. The summed E-state index contributed by atoms with van der Waals surface area (Å²) < 4.78 is 65.4. The van der Waals surface area contributed by atoms with E-state index in [2.05, 4.69) is 3.63 Å². The monoisotopic (exact) mass is 364 g/mol. The van der Waals surface area contributed by atoms with Gasteiger partial charge in [-0.05, 0) is 19.1 Å². The Labute approximate surface area is 131 Å². The van der Waals surface area contributed by atoms with Crippen LogP contribution in [0.3, 0.4) is 0 Å². The van der Waals surface area contributed by atoms with Crippen molar-refractivity contribution in [2.75, 3.05) is 12.0 Å². The van der Waals surface area contributed by atoms with Crippen molar-refractivity contribution in [2.24, 2.45) is 5.92 Å². The van der Waals surface area contributed by atoms with Crippen molar-refractivity contribution in [3.63, 3.8) is 0 Å². The molecule has 1 unspecified atom stereocenters. The molecule has 4 nitrogen and oxygen atoms in total. The number of hydrogen-bond acceptors (Lipinski definition) is 4. The summed E-state index contributed by atoms with van der Waals surface area (Å²) in [4.78, 5) is 12.0. The van der Waals surface area contributed by atoms with E-state index in [1.54, 1.807) is 13.8 Å². The molecule has 0 radical (unpaired) electrons. The van der Waals surface area contributed by atoms with Gasteiger partial charge >= 0.3 is 15.6 Å². The molecule has 0 aromatic heterocycles. The molecular formula is C13H23F3O4S2. The molecule has 0 spiro atoms. The molecule has 0 N–H and O–H groups in total. The number of halogens is 3. The van der Waals surface area contributed by atoms with Gasteiger partial charge in [0.25, 0.3) is 0 Å². The second-order valence-corrected chi connectivity index (χ2v) is 11.1. The van der Waals surface area contributed by atoms with Gasteiger partial charge in [-0.3, -0.25) is 4.79 Å². The number of carbonyl (C=O) groups excluding carboxylic acids is 1. The van der Waals surface area contributed by atoms with Gasteiger partial charge in [0, 0.05) is 11.2 Å². The predicted octanol–water partition coefficient (Wildman–Crippen LogP) is 3.76. The van der Waals surface area contributed by atoms with Crippen molar-refractivity contribution in [1.29, 1.82) is 0 Å². The van der Waals surface area contributed by atoms with Crippen LogP contribution >= 0.6 is 10.3 Å². The van der Waals surface area contributed by atoms with Gasteiger partial charge < -0.3 is 0 Å². The normalized spacial score (nSPS) is 22.3. The smallest absolute Gasteiger partial charge is 0.298 e. The van der Waals surface area contributed by atoms with Crippen LogP contribution in [0.25, 0.3) is 0 Å². The van der Waals surface area contributed by atoms with E-state index in [1.807, 2.05) is 0 Å². The van der Waals surface area contributed by atoms with Gasteiger partial charge in [0.15, 0.2) is 0 Å². The first-order chi connectivity index (χ1) is 9.89. The first-order valence-electron chi connectivity index (χ1n) is 7.19. The Morgan fingerprint density at radius 3 is 2.09 bits per heavy atom. The molecule has 1 aliphatic carbocycles. The molecule has 0 aromatic rings. The molecule has 0 bridgehead atoms. The van der Waals surface area contributed by atoms with Crippen LogP contribution in [0.1, 0.15) is 46.0 Å². The maximum Gasteiger partial charge on any atom is 0.523 e. The lowest BCUT2D eigenvalue weighted by Crippen LogP contribution is -2.35. The summed E-state index contributed by atoms with van der Waals surface area (Å²) in [6, 6.07) is 0. The van der Waals surface area contributed by atoms with E-state index in [4.69, 9.17) is 0 Å². The van der Waals surface area contributed by atoms with Gasteiger partial charge in [0.1, 0.15) is 5.78 Å². The summed E-state index contributed by atoms with van der Waals surface area (Å²) in [5, 5.41) is -0.291. The number of carbonyl (C=O) groups is 1. The van der Waals surface area contributed by atoms with Crippen LogP contribution in [0.5, 0.6) is 0 Å². The molecule has 1 saturated carbocycles. The Kier molecular flexibility index (Phi) is 6.37. The van der Waals surface area contributed by atoms with Crippen molar-refractivity contribution in [3.8, 4) is 0 Å². The van der Waals surface area contributed by atoms with Gasteiger partial charge in [-0.2, -0.15) is 21.6 Å². The second-order valence-electron chi connectivity index (χ2n) is 6.07. The van der Waals surface area contributed by atoms with Crippen molar-refractivity contribution in [3.05, 3.63) is 0 Å².